The monoisotopic (exact) mass is 326 g/mol. The van der Waals surface area contributed by atoms with Crippen molar-refractivity contribution in [3.8, 4) is 11.4 Å². The van der Waals surface area contributed by atoms with Gasteiger partial charge in [0.2, 0.25) is 0 Å². The Morgan fingerprint density at radius 3 is 2.61 bits per heavy atom. The zero-order valence-corrected chi connectivity index (χ0v) is 14.4. The Morgan fingerprint density at radius 1 is 1.17 bits per heavy atom. The molecule has 2 aromatic carbocycles. The van der Waals surface area contributed by atoms with Crippen LogP contribution in [0.4, 0.5) is 0 Å². The molecule has 1 atom stereocenters. The molecule has 0 N–H and O–H groups in total. The number of aryl methyl sites for hydroxylation is 1. The zero-order valence-electron chi connectivity index (χ0n) is 13.2. The number of hydrogen-bond donors (Lipinski definition) is 0. The highest BCUT2D eigenvalue weighted by molar-refractivity contribution is 7.27. The molecular weight excluding hydrogens is 307 g/mol. The highest BCUT2D eigenvalue weighted by atomic mass is 31.0. The first-order valence-corrected chi connectivity index (χ1v) is 8.20. The molecule has 0 saturated heterocycles. The molecule has 0 aliphatic heterocycles. The lowest BCUT2D eigenvalue weighted by atomic mass is 10.2. The van der Waals surface area contributed by atoms with Gasteiger partial charge in [-0.05, 0) is 49.0 Å². The maximum atomic E-state index is 12.9. The maximum absolute atomic E-state index is 12.9. The first-order valence-electron chi connectivity index (χ1n) is 7.62. The summed E-state index contributed by atoms with van der Waals surface area (Å²) in [6, 6.07) is 13.2. The second-order valence-corrected chi connectivity index (χ2v) is 6.09. The van der Waals surface area contributed by atoms with Gasteiger partial charge in [0.1, 0.15) is 11.6 Å². The van der Waals surface area contributed by atoms with Crippen LogP contribution in [-0.4, -0.2) is 16.2 Å². The van der Waals surface area contributed by atoms with Crippen molar-refractivity contribution in [3.63, 3.8) is 0 Å². The van der Waals surface area contributed by atoms with Gasteiger partial charge in [-0.25, -0.2) is 4.98 Å². The summed E-state index contributed by atoms with van der Waals surface area (Å²) >= 11 is 0. The van der Waals surface area contributed by atoms with Gasteiger partial charge in [0.05, 0.1) is 23.2 Å². The van der Waals surface area contributed by atoms with E-state index in [1.165, 1.54) is 0 Å². The average molecular weight is 326 g/mol. The van der Waals surface area contributed by atoms with Crippen molar-refractivity contribution in [1.82, 2.24) is 9.55 Å². The lowest BCUT2D eigenvalue weighted by molar-refractivity contribution is 0.318. The van der Waals surface area contributed by atoms with Crippen LogP contribution >= 0.6 is 9.24 Å². The zero-order chi connectivity index (χ0) is 16.4. The molecule has 5 heteroatoms. The number of ether oxygens (including phenoxy) is 1. The Balaban J connectivity index is 2.18. The van der Waals surface area contributed by atoms with E-state index >= 15 is 0 Å². The molecule has 0 aliphatic carbocycles. The molecule has 3 rings (SSSR count). The predicted octanol–water partition coefficient (Wildman–Crippen LogP) is 2.98. The van der Waals surface area contributed by atoms with Crippen molar-refractivity contribution in [2.45, 2.75) is 20.3 Å². The highest BCUT2D eigenvalue weighted by Gasteiger charge is 2.11. The fourth-order valence-corrected chi connectivity index (χ4v) is 2.71. The fourth-order valence-electron chi connectivity index (χ4n) is 2.51. The maximum Gasteiger partial charge on any atom is 0.266 e. The molecule has 1 heterocycles. The molecule has 4 nitrogen and oxygen atoms in total. The van der Waals surface area contributed by atoms with E-state index in [1.807, 2.05) is 43.3 Å². The topological polar surface area (TPSA) is 44.1 Å². The van der Waals surface area contributed by atoms with Crippen LogP contribution in [0.3, 0.4) is 0 Å². The van der Waals surface area contributed by atoms with Crippen molar-refractivity contribution < 1.29 is 4.74 Å². The molecule has 1 aromatic heterocycles. The molecule has 1 unspecified atom stereocenters. The number of benzene rings is 2. The largest absolute Gasteiger partial charge is 0.494 e. The normalized spacial score (nSPS) is 10.9. The Labute approximate surface area is 137 Å². The van der Waals surface area contributed by atoms with E-state index in [2.05, 4.69) is 21.1 Å². The number of hydrogen-bond acceptors (Lipinski definition) is 3. The summed E-state index contributed by atoms with van der Waals surface area (Å²) < 4.78 is 7.27. The first-order chi connectivity index (χ1) is 11.1. The third-order valence-electron chi connectivity index (χ3n) is 3.63. The Hall–Kier alpha value is -2.19. The Morgan fingerprint density at radius 2 is 1.91 bits per heavy atom. The smallest absolute Gasteiger partial charge is 0.266 e. The molecule has 23 heavy (non-hydrogen) atoms. The van der Waals surface area contributed by atoms with Gasteiger partial charge >= 0.3 is 0 Å². The molecule has 0 bridgehead atoms. The molecule has 118 valence electrons. The Bertz CT molecular complexity index is 901. The molecule has 0 fully saturated rings. The number of aromatic nitrogens is 2. The van der Waals surface area contributed by atoms with Crippen LogP contribution in [0.1, 0.15) is 19.2 Å². The number of nitrogens with zero attached hydrogens (tertiary/aromatic N) is 2. The van der Waals surface area contributed by atoms with E-state index < -0.39 is 0 Å². The van der Waals surface area contributed by atoms with Crippen LogP contribution in [0.5, 0.6) is 5.75 Å². The molecule has 0 radical (unpaired) electrons. The summed E-state index contributed by atoms with van der Waals surface area (Å²) in [5.41, 5.74) is 1.43. The SMILES string of the molecule is CCCOc1ccc2nc(C)n(-c3ccc(P)cc3)c(=O)c2c1. The van der Waals surface area contributed by atoms with Crippen molar-refractivity contribution in [3.05, 3.63) is 58.6 Å². The van der Waals surface area contributed by atoms with Gasteiger partial charge in [-0.1, -0.05) is 19.1 Å². The fraction of sp³-hybridized carbons (Fsp3) is 0.222. The summed E-state index contributed by atoms with van der Waals surface area (Å²) in [5.74, 6) is 1.37. The molecule has 0 spiro atoms. The van der Waals surface area contributed by atoms with Crippen LogP contribution in [-0.2, 0) is 0 Å². The van der Waals surface area contributed by atoms with Gasteiger partial charge in [-0.15, -0.1) is 9.24 Å². The van der Waals surface area contributed by atoms with E-state index in [1.54, 1.807) is 10.6 Å². The lowest BCUT2D eigenvalue weighted by Crippen LogP contribution is -2.22. The van der Waals surface area contributed by atoms with Crippen LogP contribution in [0.15, 0.2) is 47.3 Å². The van der Waals surface area contributed by atoms with Crippen LogP contribution in [0.25, 0.3) is 16.6 Å². The summed E-state index contributed by atoms with van der Waals surface area (Å²) in [6.07, 6.45) is 0.926. The van der Waals surface area contributed by atoms with Gasteiger partial charge in [-0.2, -0.15) is 0 Å². The molecule has 0 saturated carbocycles. The van der Waals surface area contributed by atoms with Gasteiger partial charge < -0.3 is 4.74 Å². The second kappa shape index (κ2) is 6.51. The van der Waals surface area contributed by atoms with Crippen LogP contribution < -0.4 is 15.6 Å². The number of rotatable bonds is 4. The Kier molecular flexibility index (Phi) is 4.44. The summed E-state index contributed by atoms with van der Waals surface area (Å²) in [7, 11) is 2.64. The van der Waals surface area contributed by atoms with Gasteiger partial charge in [0.15, 0.2) is 0 Å². The molecule has 0 amide bonds. The standard InChI is InChI=1S/C18H19N2O2P/c1-3-10-22-14-6-9-17-16(11-14)18(21)20(12(2)19-17)13-4-7-15(23)8-5-13/h4-9,11H,3,10,23H2,1-2H3. The summed E-state index contributed by atoms with van der Waals surface area (Å²) in [5, 5.41) is 1.64. The van der Waals surface area contributed by atoms with Gasteiger partial charge in [0, 0.05) is 0 Å². The highest BCUT2D eigenvalue weighted by Crippen LogP contribution is 2.18. The van der Waals surface area contributed by atoms with Crippen LogP contribution in [0, 0.1) is 6.92 Å². The first kappa shape index (κ1) is 15.7. The third-order valence-corrected chi connectivity index (χ3v) is 4.02. The minimum Gasteiger partial charge on any atom is -0.494 e. The van der Waals surface area contributed by atoms with Crippen molar-refractivity contribution in [2.75, 3.05) is 6.61 Å². The third kappa shape index (κ3) is 3.13. The van der Waals surface area contributed by atoms with E-state index in [9.17, 15) is 4.79 Å². The second-order valence-electron chi connectivity index (χ2n) is 5.42. The quantitative estimate of drug-likeness (QED) is 0.692. The van der Waals surface area contributed by atoms with E-state index in [0.29, 0.717) is 29.1 Å². The van der Waals surface area contributed by atoms with Crippen molar-refractivity contribution in [2.24, 2.45) is 0 Å². The minimum atomic E-state index is -0.0778. The van der Waals surface area contributed by atoms with E-state index in [0.717, 1.165) is 17.4 Å². The van der Waals surface area contributed by atoms with Crippen molar-refractivity contribution in [1.29, 1.82) is 0 Å². The molecule has 0 aliphatic rings. The number of fused-ring (bicyclic) bond motifs is 1. The lowest BCUT2D eigenvalue weighted by Gasteiger charge is -2.12. The van der Waals surface area contributed by atoms with Gasteiger partial charge in [0.25, 0.3) is 5.56 Å². The summed E-state index contributed by atoms with van der Waals surface area (Å²) in [4.78, 5) is 17.5. The predicted molar refractivity (Wildman–Crippen MR) is 97.2 cm³/mol. The van der Waals surface area contributed by atoms with E-state index in [-0.39, 0.29) is 5.56 Å². The average Bonchev–Trinajstić information content (AvgIpc) is 2.55. The van der Waals surface area contributed by atoms with Gasteiger partial charge in [-0.3, -0.25) is 9.36 Å². The van der Waals surface area contributed by atoms with Crippen molar-refractivity contribution >= 4 is 25.4 Å². The molecular formula is C18H19N2O2P. The van der Waals surface area contributed by atoms with Crippen LogP contribution in [0.2, 0.25) is 0 Å². The summed E-state index contributed by atoms with van der Waals surface area (Å²) in [6.45, 7) is 4.53. The molecule has 3 aromatic rings. The van der Waals surface area contributed by atoms with E-state index in [4.69, 9.17) is 4.74 Å². The minimum absolute atomic E-state index is 0.0778.